The maximum atomic E-state index is 11.8. The van der Waals surface area contributed by atoms with E-state index < -0.39 is 5.97 Å². The lowest BCUT2D eigenvalue weighted by Crippen LogP contribution is -2.20. The molecule has 0 radical (unpaired) electrons. The molecule has 0 unspecified atom stereocenters. The Bertz CT molecular complexity index is 676. The van der Waals surface area contributed by atoms with E-state index in [2.05, 4.69) is 19.2 Å². The largest absolute Gasteiger partial charge is 0.451 e. The molecule has 0 saturated carbocycles. The predicted molar refractivity (Wildman–Crippen MR) is 93.1 cm³/mol. The number of anilines is 1. The summed E-state index contributed by atoms with van der Waals surface area (Å²) in [5.74, 6) is -0.316. The van der Waals surface area contributed by atoms with Crippen molar-refractivity contribution >= 4 is 28.9 Å². The summed E-state index contributed by atoms with van der Waals surface area (Å²) in [6.45, 7) is 5.93. The second-order valence-electron chi connectivity index (χ2n) is 5.47. The van der Waals surface area contributed by atoms with E-state index in [1.165, 1.54) is 16.9 Å². The van der Waals surface area contributed by atoms with Gasteiger partial charge >= 0.3 is 5.97 Å². The number of amides is 1. The Morgan fingerprint density at radius 3 is 2.43 bits per heavy atom. The zero-order valence-corrected chi connectivity index (χ0v) is 14.4. The number of thiophene rings is 1. The Balaban J connectivity index is 1.83. The molecule has 1 aromatic carbocycles. The normalized spacial score (nSPS) is 11.8. The minimum atomic E-state index is -0.467. The molecule has 1 heterocycles. The van der Waals surface area contributed by atoms with Crippen LogP contribution in [-0.2, 0) is 9.53 Å². The lowest BCUT2D eigenvalue weighted by molar-refractivity contribution is -0.119. The standard InChI is InChI=1S/C18H21NO3S/c1-4-12(2)14-6-8-15(9-7-14)19-17(20)11-22-18(21)16-10-5-13(3)23-16/h5-10,12H,4,11H2,1-3H3,(H,19,20)/t12-/m0/s1. The molecular formula is C18H21NO3S. The number of rotatable bonds is 6. The third-order valence-corrected chi connectivity index (χ3v) is 4.63. The fraction of sp³-hybridized carbons (Fsp3) is 0.333. The number of aryl methyl sites for hydroxylation is 1. The van der Waals surface area contributed by atoms with Gasteiger partial charge in [0.1, 0.15) is 4.88 Å². The lowest BCUT2D eigenvalue weighted by Gasteiger charge is -2.10. The molecule has 0 aliphatic heterocycles. The Kier molecular flexibility index (Phi) is 5.93. The molecular weight excluding hydrogens is 310 g/mol. The maximum Gasteiger partial charge on any atom is 0.348 e. The highest BCUT2D eigenvalue weighted by molar-refractivity contribution is 7.13. The quantitative estimate of drug-likeness (QED) is 0.800. The molecule has 0 fully saturated rings. The minimum absolute atomic E-state index is 0.289. The summed E-state index contributed by atoms with van der Waals surface area (Å²) in [6, 6.07) is 11.3. The van der Waals surface area contributed by atoms with E-state index in [0.717, 1.165) is 11.3 Å². The zero-order chi connectivity index (χ0) is 16.8. The van der Waals surface area contributed by atoms with Crippen LogP contribution in [0.5, 0.6) is 0 Å². The molecule has 2 rings (SSSR count). The van der Waals surface area contributed by atoms with Crippen molar-refractivity contribution in [2.45, 2.75) is 33.1 Å². The van der Waals surface area contributed by atoms with Gasteiger partial charge in [0.15, 0.2) is 6.61 Å². The molecule has 23 heavy (non-hydrogen) atoms. The summed E-state index contributed by atoms with van der Waals surface area (Å²) in [4.78, 5) is 25.2. The van der Waals surface area contributed by atoms with Gasteiger partial charge in [0, 0.05) is 10.6 Å². The van der Waals surface area contributed by atoms with Crippen molar-refractivity contribution in [1.82, 2.24) is 0 Å². The van der Waals surface area contributed by atoms with E-state index >= 15 is 0 Å². The third-order valence-electron chi connectivity index (χ3n) is 3.65. The van der Waals surface area contributed by atoms with E-state index in [1.807, 2.05) is 37.3 Å². The highest BCUT2D eigenvalue weighted by Gasteiger charge is 2.12. The number of hydrogen-bond donors (Lipinski definition) is 1. The summed E-state index contributed by atoms with van der Waals surface area (Å²) in [5.41, 5.74) is 1.94. The monoisotopic (exact) mass is 331 g/mol. The van der Waals surface area contributed by atoms with Gasteiger partial charge in [-0.3, -0.25) is 4.79 Å². The Morgan fingerprint density at radius 1 is 1.17 bits per heavy atom. The zero-order valence-electron chi connectivity index (χ0n) is 13.6. The van der Waals surface area contributed by atoms with Gasteiger partial charge in [0.2, 0.25) is 0 Å². The van der Waals surface area contributed by atoms with E-state index in [9.17, 15) is 9.59 Å². The number of nitrogens with one attached hydrogen (secondary N) is 1. The number of esters is 1. The second kappa shape index (κ2) is 7.92. The van der Waals surface area contributed by atoms with Crippen LogP contribution >= 0.6 is 11.3 Å². The van der Waals surface area contributed by atoms with E-state index in [1.54, 1.807) is 6.07 Å². The van der Waals surface area contributed by atoms with Gasteiger partial charge in [-0.15, -0.1) is 11.3 Å². The van der Waals surface area contributed by atoms with Crippen molar-refractivity contribution in [3.63, 3.8) is 0 Å². The fourth-order valence-electron chi connectivity index (χ4n) is 2.07. The molecule has 0 saturated heterocycles. The molecule has 0 aliphatic carbocycles. The summed E-state index contributed by atoms with van der Waals surface area (Å²) in [5, 5.41) is 2.73. The molecule has 0 aliphatic rings. The molecule has 5 heteroatoms. The number of benzene rings is 1. The van der Waals surface area contributed by atoms with Crippen LogP contribution in [0.15, 0.2) is 36.4 Å². The smallest absolute Gasteiger partial charge is 0.348 e. The molecule has 2 aromatic rings. The van der Waals surface area contributed by atoms with E-state index in [0.29, 0.717) is 16.5 Å². The van der Waals surface area contributed by atoms with Gasteiger partial charge < -0.3 is 10.1 Å². The Morgan fingerprint density at radius 2 is 1.87 bits per heavy atom. The lowest BCUT2D eigenvalue weighted by atomic mass is 9.99. The minimum Gasteiger partial charge on any atom is -0.451 e. The molecule has 122 valence electrons. The van der Waals surface area contributed by atoms with Crippen LogP contribution in [0, 0.1) is 6.92 Å². The fourth-order valence-corrected chi connectivity index (χ4v) is 2.84. The molecule has 4 nitrogen and oxygen atoms in total. The molecule has 1 atom stereocenters. The van der Waals surface area contributed by atoms with Crippen LogP contribution in [0.1, 0.15) is 46.3 Å². The average Bonchev–Trinajstić information content (AvgIpc) is 2.99. The van der Waals surface area contributed by atoms with Crippen molar-refractivity contribution in [3.8, 4) is 0 Å². The van der Waals surface area contributed by atoms with Gasteiger partial charge in [-0.05, 0) is 49.1 Å². The molecule has 0 spiro atoms. The number of hydrogen-bond acceptors (Lipinski definition) is 4. The predicted octanol–water partition coefficient (Wildman–Crippen LogP) is 4.37. The first-order valence-corrected chi connectivity index (χ1v) is 8.44. The summed E-state index contributed by atoms with van der Waals surface area (Å²) >= 11 is 1.35. The maximum absolute atomic E-state index is 11.8. The van der Waals surface area contributed by atoms with Gasteiger partial charge in [-0.2, -0.15) is 0 Å². The summed E-state index contributed by atoms with van der Waals surface area (Å²) < 4.78 is 5.01. The second-order valence-corrected chi connectivity index (χ2v) is 6.75. The Hall–Kier alpha value is -2.14. The van der Waals surface area contributed by atoms with E-state index in [-0.39, 0.29) is 12.5 Å². The van der Waals surface area contributed by atoms with Crippen molar-refractivity contribution in [2.24, 2.45) is 0 Å². The SMILES string of the molecule is CC[C@H](C)c1ccc(NC(=O)COC(=O)c2ccc(C)s2)cc1. The van der Waals surface area contributed by atoms with Crippen molar-refractivity contribution < 1.29 is 14.3 Å². The van der Waals surface area contributed by atoms with Gasteiger partial charge in [-0.25, -0.2) is 4.79 Å². The molecule has 1 amide bonds. The highest BCUT2D eigenvalue weighted by atomic mass is 32.1. The first kappa shape index (κ1) is 17.2. The number of ether oxygens (including phenoxy) is 1. The molecule has 0 bridgehead atoms. The van der Waals surface area contributed by atoms with Crippen LogP contribution in [0.2, 0.25) is 0 Å². The van der Waals surface area contributed by atoms with Crippen LogP contribution < -0.4 is 5.32 Å². The van der Waals surface area contributed by atoms with Crippen LogP contribution in [0.25, 0.3) is 0 Å². The van der Waals surface area contributed by atoms with Crippen LogP contribution in [0.4, 0.5) is 5.69 Å². The van der Waals surface area contributed by atoms with Gasteiger partial charge in [0.25, 0.3) is 5.91 Å². The highest BCUT2D eigenvalue weighted by Crippen LogP contribution is 2.20. The van der Waals surface area contributed by atoms with Gasteiger partial charge in [-0.1, -0.05) is 26.0 Å². The topological polar surface area (TPSA) is 55.4 Å². The molecule has 1 N–H and O–H groups in total. The van der Waals surface area contributed by atoms with Crippen molar-refractivity contribution in [2.75, 3.05) is 11.9 Å². The van der Waals surface area contributed by atoms with Crippen molar-refractivity contribution in [1.29, 1.82) is 0 Å². The van der Waals surface area contributed by atoms with E-state index in [4.69, 9.17) is 4.74 Å². The number of carbonyl (C=O) groups is 2. The first-order chi connectivity index (χ1) is 11.0. The molecule has 1 aromatic heterocycles. The number of carbonyl (C=O) groups excluding carboxylic acids is 2. The van der Waals surface area contributed by atoms with Crippen molar-refractivity contribution in [3.05, 3.63) is 51.7 Å². The average molecular weight is 331 g/mol. The van der Waals surface area contributed by atoms with Crippen LogP contribution in [-0.4, -0.2) is 18.5 Å². The van der Waals surface area contributed by atoms with Crippen LogP contribution in [0.3, 0.4) is 0 Å². The third kappa shape index (κ3) is 4.93. The Labute approximate surface area is 140 Å². The summed E-state index contributed by atoms with van der Waals surface area (Å²) in [7, 11) is 0. The van der Waals surface area contributed by atoms with Gasteiger partial charge in [0.05, 0.1) is 0 Å². The summed E-state index contributed by atoms with van der Waals surface area (Å²) in [6.07, 6.45) is 1.07. The first-order valence-electron chi connectivity index (χ1n) is 7.63.